The zero-order valence-corrected chi connectivity index (χ0v) is 14.0. The summed E-state index contributed by atoms with van der Waals surface area (Å²) in [7, 11) is 0. The number of nitrogens with one attached hydrogen (secondary N) is 1. The highest BCUT2D eigenvalue weighted by molar-refractivity contribution is 5.75. The Morgan fingerprint density at radius 2 is 2.00 bits per heavy atom. The van der Waals surface area contributed by atoms with Crippen LogP contribution in [0.25, 0.3) is 0 Å². The van der Waals surface area contributed by atoms with Crippen molar-refractivity contribution < 1.29 is 14.6 Å². The largest absolute Gasteiger partial charge is 0.396 e. The Morgan fingerprint density at radius 1 is 1.33 bits per heavy atom. The van der Waals surface area contributed by atoms with Crippen LogP contribution in [-0.2, 0) is 4.74 Å². The molecule has 0 aliphatic carbocycles. The number of piperidine rings is 1. The molecule has 5 nitrogen and oxygen atoms in total. The minimum absolute atomic E-state index is 0.0160. The van der Waals surface area contributed by atoms with Gasteiger partial charge in [0.1, 0.15) is 0 Å². The maximum Gasteiger partial charge on any atom is 0.317 e. The standard InChI is InChI=1S/C16H30N2O3/c1-14(2)9-12(15(3,4)21-14)17-13(20)18-8-6-7-16(5,10-18)11-19/h12,19H,6-11H2,1-5H3,(H,17,20). The molecule has 0 aromatic rings. The van der Waals surface area contributed by atoms with Crippen LogP contribution in [0.5, 0.6) is 0 Å². The lowest BCUT2D eigenvalue weighted by Gasteiger charge is -2.40. The molecule has 2 fully saturated rings. The van der Waals surface area contributed by atoms with Crippen LogP contribution in [0.4, 0.5) is 4.79 Å². The summed E-state index contributed by atoms with van der Waals surface area (Å²) >= 11 is 0. The van der Waals surface area contributed by atoms with Crippen molar-refractivity contribution in [2.75, 3.05) is 19.7 Å². The lowest BCUT2D eigenvalue weighted by atomic mass is 9.83. The van der Waals surface area contributed by atoms with Crippen LogP contribution in [0.15, 0.2) is 0 Å². The second kappa shape index (κ2) is 5.43. The summed E-state index contributed by atoms with van der Waals surface area (Å²) in [5, 5.41) is 12.6. The predicted octanol–water partition coefficient (Wildman–Crippen LogP) is 2.14. The van der Waals surface area contributed by atoms with E-state index in [0.29, 0.717) is 6.54 Å². The number of aliphatic hydroxyl groups excluding tert-OH is 1. The summed E-state index contributed by atoms with van der Waals surface area (Å²) in [5.74, 6) is 0. The first-order chi connectivity index (χ1) is 9.57. The van der Waals surface area contributed by atoms with Gasteiger partial charge in [-0.05, 0) is 47.0 Å². The number of likely N-dealkylation sites (tertiary alicyclic amines) is 1. The Labute approximate surface area is 128 Å². The molecule has 0 aromatic heterocycles. The topological polar surface area (TPSA) is 61.8 Å². The molecule has 0 saturated carbocycles. The van der Waals surface area contributed by atoms with E-state index >= 15 is 0 Å². The number of carbonyl (C=O) groups excluding carboxylic acids is 1. The van der Waals surface area contributed by atoms with Crippen LogP contribution >= 0.6 is 0 Å². The third-order valence-electron chi connectivity index (χ3n) is 4.82. The van der Waals surface area contributed by atoms with E-state index in [2.05, 4.69) is 19.2 Å². The first-order valence-corrected chi connectivity index (χ1v) is 7.93. The number of urea groups is 1. The van der Waals surface area contributed by atoms with Crippen LogP contribution in [-0.4, -0.2) is 53.0 Å². The molecule has 122 valence electrons. The highest BCUT2D eigenvalue weighted by atomic mass is 16.5. The average Bonchev–Trinajstić information content (AvgIpc) is 2.57. The number of ether oxygens (including phenoxy) is 1. The van der Waals surface area contributed by atoms with Gasteiger partial charge in [-0.3, -0.25) is 0 Å². The van der Waals surface area contributed by atoms with E-state index in [-0.39, 0.29) is 35.3 Å². The van der Waals surface area contributed by atoms with Gasteiger partial charge in [-0.1, -0.05) is 6.92 Å². The van der Waals surface area contributed by atoms with Crippen LogP contribution < -0.4 is 5.32 Å². The summed E-state index contributed by atoms with van der Waals surface area (Å²) in [6, 6.07) is -0.0175. The van der Waals surface area contributed by atoms with E-state index in [4.69, 9.17) is 4.74 Å². The van der Waals surface area contributed by atoms with Crippen LogP contribution in [0, 0.1) is 5.41 Å². The molecule has 0 spiro atoms. The van der Waals surface area contributed by atoms with E-state index in [1.54, 1.807) is 0 Å². The molecule has 5 heteroatoms. The fourth-order valence-electron chi connectivity index (χ4n) is 3.65. The summed E-state index contributed by atoms with van der Waals surface area (Å²) in [6.45, 7) is 11.7. The number of nitrogens with zero attached hydrogens (tertiary/aromatic N) is 1. The Hall–Kier alpha value is -0.810. The summed E-state index contributed by atoms with van der Waals surface area (Å²) in [4.78, 5) is 14.4. The SMILES string of the molecule is CC1(CO)CCCN(C(=O)NC2CC(C)(C)OC2(C)C)C1. The number of aliphatic hydroxyl groups is 1. The molecule has 0 aromatic carbocycles. The van der Waals surface area contributed by atoms with E-state index in [1.165, 1.54) is 0 Å². The van der Waals surface area contributed by atoms with Gasteiger partial charge in [0, 0.05) is 18.5 Å². The molecule has 21 heavy (non-hydrogen) atoms. The van der Waals surface area contributed by atoms with Gasteiger partial charge in [0.05, 0.1) is 23.9 Å². The van der Waals surface area contributed by atoms with E-state index in [9.17, 15) is 9.90 Å². The first-order valence-electron chi connectivity index (χ1n) is 7.93. The Bertz CT molecular complexity index is 408. The zero-order valence-electron chi connectivity index (χ0n) is 14.0. The third kappa shape index (κ3) is 3.69. The van der Waals surface area contributed by atoms with Crippen molar-refractivity contribution in [3.8, 4) is 0 Å². The maximum absolute atomic E-state index is 12.5. The molecule has 2 saturated heterocycles. The quantitative estimate of drug-likeness (QED) is 0.821. The highest BCUT2D eigenvalue weighted by Crippen LogP contribution is 2.37. The lowest BCUT2D eigenvalue weighted by molar-refractivity contribution is -0.0694. The van der Waals surface area contributed by atoms with E-state index < -0.39 is 0 Å². The van der Waals surface area contributed by atoms with Crippen LogP contribution in [0.1, 0.15) is 53.9 Å². The van der Waals surface area contributed by atoms with Gasteiger partial charge in [0.2, 0.25) is 0 Å². The Morgan fingerprint density at radius 3 is 2.52 bits per heavy atom. The number of hydrogen-bond donors (Lipinski definition) is 2. The molecule has 2 rings (SSSR count). The summed E-state index contributed by atoms with van der Waals surface area (Å²) in [6.07, 6.45) is 2.73. The molecule has 2 aliphatic heterocycles. The Kier molecular flexibility index (Phi) is 4.28. The van der Waals surface area contributed by atoms with Crippen molar-refractivity contribution >= 4 is 6.03 Å². The smallest absolute Gasteiger partial charge is 0.317 e. The molecule has 2 atom stereocenters. The highest BCUT2D eigenvalue weighted by Gasteiger charge is 2.47. The van der Waals surface area contributed by atoms with Gasteiger partial charge in [-0.25, -0.2) is 4.79 Å². The zero-order chi connectivity index (χ0) is 15.9. The van der Waals surface area contributed by atoms with Crippen molar-refractivity contribution in [1.29, 1.82) is 0 Å². The summed E-state index contributed by atoms with van der Waals surface area (Å²) < 4.78 is 6.03. The number of rotatable bonds is 2. The van der Waals surface area contributed by atoms with Gasteiger partial charge >= 0.3 is 6.03 Å². The fraction of sp³-hybridized carbons (Fsp3) is 0.938. The van der Waals surface area contributed by atoms with Crippen molar-refractivity contribution in [3.63, 3.8) is 0 Å². The number of hydrogen-bond acceptors (Lipinski definition) is 3. The minimum Gasteiger partial charge on any atom is -0.396 e. The van der Waals surface area contributed by atoms with Crippen molar-refractivity contribution in [1.82, 2.24) is 10.2 Å². The van der Waals surface area contributed by atoms with Crippen molar-refractivity contribution in [2.45, 2.75) is 71.1 Å². The van der Waals surface area contributed by atoms with Gasteiger partial charge in [0.15, 0.2) is 0 Å². The second-order valence-electron chi connectivity index (χ2n) is 8.17. The van der Waals surface area contributed by atoms with Crippen molar-refractivity contribution in [2.24, 2.45) is 5.41 Å². The molecule has 2 N–H and O–H groups in total. The molecule has 2 aliphatic rings. The monoisotopic (exact) mass is 298 g/mol. The maximum atomic E-state index is 12.5. The van der Waals surface area contributed by atoms with E-state index in [1.807, 2.05) is 25.7 Å². The number of amides is 2. The van der Waals surface area contributed by atoms with E-state index in [0.717, 1.165) is 25.8 Å². The Balaban J connectivity index is 1.98. The third-order valence-corrected chi connectivity index (χ3v) is 4.82. The van der Waals surface area contributed by atoms with Gasteiger partial charge < -0.3 is 20.1 Å². The second-order valence-corrected chi connectivity index (χ2v) is 8.17. The fourth-order valence-corrected chi connectivity index (χ4v) is 3.65. The van der Waals surface area contributed by atoms with Crippen LogP contribution in [0.2, 0.25) is 0 Å². The molecular weight excluding hydrogens is 268 g/mol. The van der Waals surface area contributed by atoms with Gasteiger partial charge in [-0.2, -0.15) is 0 Å². The van der Waals surface area contributed by atoms with Crippen LogP contribution in [0.3, 0.4) is 0 Å². The normalized spacial score (nSPS) is 34.8. The lowest BCUT2D eigenvalue weighted by Crippen LogP contribution is -2.55. The van der Waals surface area contributed by atoms with Crippen molar-refractivity contribution in [3.05, 3.63) is 0 Å². The van der Waals surface area contributed by atoms with Gasteiger partial charge in [0.25, 0.3) is 0 Å². The molecule has 0 bridgehead atoms. The molecular formula is C16H30N2O3. The number of carbonyl (C=O) groups is 1. The first kappa shape index (κ1) is 16.6. The molecule has 2 amide bonds. The minimum atomic E-state index is -0.352. The molecule has 2 unspecified atom stereocenters. The molecule has 0 radical (unpaired) electrons. The summed E-state index contributed by atoms with van der Waals surface area (Å²) in [5.41, 5.74) is -0.727. The average molecular weight is 298 g/mol. The molecule has 2 heterocycles. The predicted molar refractivity (Wildman–Crippen MR) is 82.2 cm³/mol. The van der Waals surface area contributed by atoms with Gasteiger partial charge in [-0.15, -0.1) is 0 Å².